The molecule has 0 bridgehead atoms. The number of hydrogen-bond donors (Lipinski definition) is 1. The first kappa shape index (κ1) is 19.6. The van der Waals surface area contributed by atoms with Crippen LogP contribution >= 0.6 is 0 Å². The molecule has 1 fully saturated rings. The Bertz CT molecular complexity index is 1100. The van der Waals surface area contributed by atoms with Gasteiger partial charge in [0.05, 0.1) is 30.9 Å². The van der Waals surface area contributed by atoms with Gasteiger partial charge in [0.15, 0.2) is 0 Å². The number of carbonyl (C=O) groups is 1. The zero-order chi connectivity index (χ0) is 21.4. The lowest BCUT2D eigenvalue weighted by molar-refractivity contribution is -0.0507. The number of fused-ring (bicyclic) bond motifs is 2. The first-order chi connectivity index (χ1) is 15.1. The van der Waals surface area contributed by atoms with Crippen LogP contribution in [0.3, 0.4) is 0 Å². The van der Waals surface area contributed by atoms with E-state index in [0.717, 1.165) is 22.5 Å². The predicted molar refractivity (Wildman–Crippen MR) is 115 cm³/mol. The molecule has 2 aliphatic rings. The number of nitrogens with zero attached hydrogens (tertiary/aromatic N) is 5. The molecule has 1 amide bonds. The average molecular weight is 417 g/mol. The van der Waals surface area contributed by atoms with E-state index in [0.29, 0.717) is 31.3 Å². The standard InChI is InChI=1S/C23H23N5O3/c1-27(8-9-29)21(30)16-5-6-18-20(10-16)28(13-23(18)14-31-15-23)22-25-11-17(12-26-22)19-4-2-3-7-24-19/h2-7,10-12,29H,8-9,13-15H2,1H3. The first-order valence-electron chi connectivity index (χ1n) is 10.2. The van der Waals surface area contributed by atoms with Crippen LogP contribution in [0.2, 0.25) is 0 Å². The van der Waals surface area contributed by atoms with Crippen molar-refractivity contribution >= 4 is 17.5 Å². The van der Waals surface area contributed by atoms with Crippen LogP contribution < -0.4 is 4.90 Å². The Morgan fingerprint density at radius 3 is 2.65 bits per heavy atom. The maximum absolute atomic E-state index is 12.8. The Morgan fingerprint density at radius 1 is 1.19 bits per heavy atom. The van der Waals surface area contributed by atoms with Crippen molar-refractivity contribution in [2.24, 2.45) is 0 Å². The fourth-order valence-corrected chi connectivity index (χ4v) is 4.18. The Labute approximate surface area is 180 Å². The van der Waals surface area contributed by atoms with Crippen molar-refractivity contribution in [1.29, 1.82) is 0 Å². The van der Waals surface area contributed by atoms with Crippen LogP contribution in [0.4, 0.5) is 11.6 Å². The van der Waals surface area contributed by atoms with E-state index in [4.69, 9.17) is 9.84 Å². The van der Waals surface area contributed by atoms with Crippen molar-refractivity contribution in [3.63, 3.8) is 0 Å². The van der Waals surface area contributed by atoms with Crippen LogP contribution in [-0.2, 0) is 10.2 Å². The highest BCUT2D eigenvalue weighted by atomic mass is 16.5. The van der Waals surface area contributed by atoms with Crippen LogP contribution in [0.1, 0.15) is 15.9 Å². The molecule has 0 atom stereocenters. The van der Waals surface area contributed by atoms with Gasteiger partial charge in [0.25, 0.3) is 5.91 Å². The van der Waals surface area contributed by atoms with Crippen LogP contribution in [-0.4, -0.2) is 70.8 Å². The minimum atomic E-state index is -0.131. The molecule has 0 unspecified atom stereocenters. The molecule has 0 saturated carbocycles. The Balaban J connectivity index is 1.50. The number of rotatable bonds is 5. The molecule has 0 aliphatic carbocycles. The number of anilines is 2. The highest BCUT2D eigenvalue weighted by Gasteiger charge is 2.49. The molecule has 1 aromatic carbocycles. The second-order valence-corrected chi connectivity index (χ2v) is 8.03. The maximum Gasteiger partial charge on any atom is 0.253 e. The highest BCUT2D eigenvalue weighted by molar-refractivity contribution is 5.96. The number of pyridine rings is 1. The fourth-order valence-electron chi connectivity index (χ4n) is 4.18. The Hall–Kier alpha value is -3.36. The lowest BCUT2D eigenvalue weighted by Crippen LogP contribution is -2.49. The lowest BCUT2D eigenvalue weighted by Gasteiger charge is -2.38. The topological polar surface area (TPSA) is 91.7 Å². The van der Waals surface area contributed by atoms with Gasteiger partial charge in [-0.2, -0.15) is 0 Å². The van der Waals surface area contributed by atoms with Crippen molar-refractivity contribution in [3.8, 4) is 11.3 Å². The van der Waals surface area contributed by atoms with Crippen molar-refractivity contribution < 1.29 is 14.6 Å². The molecule has 31 heavy (non-hydrogen) atoms. The van der Waals surface area contributed by atoms with E-state index < -0.39 is 0 Å². The summed E-state index contributed by atoms with van der Waals surface area (Å²) in [5.74, 6) is 0.451. The van der Waals surface area contributed by atoms with E-state index in [1.165, 1.54) is 4.90 Å². The van der Waals surface area contributed by atoms with Crippen molar-refractivity contribution in [3.05, 3.63) is 66.1 Å². The van der Waals surface area contributed by atoms with Crippen molar-refractivity contribution in [2.75, 3.05) is 44.9 Å². The molecular formula is C23H23N5O3. The van der Waals surface area contributed by atoms with Crippen LogP contribution in [0, 0.1) is 0 Å². The first-order valence-corrected chi connectivity index (χ1v) is 10.2. The zero-order valence-corrected chi connectivity index (χ0v) is 17.2. The van der Waals surface area contributed by atoms with Gasteiger partial charge >= 0.3 is 0 Å². The number of hydrogen-bond acceptors (Lipinski definition) is 7. The monoisotopic (exact) mass is 417 g/mol. The molecule has 2 aliphatic heterocycles. The number of likely N-dealkylation sites (N-methyl/N-ethyl adjacent to an activating group) is 1. The predicted octanol–water partition coefficient (Wildman–Crippen LogP) is 2.02. The second kappa shape index (κ2) is 7.72. The molecule has 3 aromatic rings. The average Bonchev–Trinajstić information content (AvgIpc) is 3.15. The number of ether oxygens (including phenoxy) is 1. The van der Waals surface area contributed by atoms with Gasteiger partial charge in [0, 0.05) is 55.5 Å². The number of amides is 1. The normalized spacial score (nSPS) is 16.1. The second-order valence-electron chi connectivity index (χ2n) is 8.03. The van der Waals surface area contributed by atoms with Gasteiger partial charge in [0.2, 0.25) is 5.95 Å². The van der Waals surface area contributed by atoms with E-state index in [1.807, 2.05) is 36.4 Å². The van der Waals surface area contributed by atoms with Gasteiger partial charge in [-0.15, -0.1) is 0 Å². The van der Waals surface area contributed by atoms with Gasteiger partial charge in [-0.3, -0.25) is 9.78 Å². The molecule has 2 aromatic heterocycles. The summed E-state index contributed by atoms with van der Waals surface area (Å²) in [5, 5.41) is 9.15. The van der Waals surface area contributed by atoms with Crippen molar-refractivity contribution in [1.82, 2.24) is 19.9 Å². The zero-order valence-electron chi connectivity index (χ0n) is 17.2. The lowest BCUT2D eigenvalue weighted by atomic mass is 9.80. The van der Waals surface area contributed by atoms with Crippen LogP contribution in [0.15, 0.2) is 55.0 Å². The van der Waals surface area contributed by atoms with Crippen molar-refractivity contribution in [2.45, 2.75) is 5.41 Å². The quantitative estimate of drug-likeness (QED) is 0.679. The van der Waals surface area contributed by atoms with E-state index in [9.17, 15) is 4.79 Å². The molecule has 1 N–H and O–H groups in total. The van der Waals surface area contributed by atoms with Gasteiger partial charge in [-0.1, -0.05) is 12.1 Å². The minimum Gasteiger partial charge on any atom is -0.395 e. The molecule has 1 spiro atoms. The smallest absolute Gasteiger partial charge is 0.253 e. The van der Waals surface area contributed by atoms with Crippen LogP contribution in [0.5, 0.6) is 0 Å². The highest BCUT2D eigenvalue weighted by Crippen LogP contribution is 2.47. The number of carbonyl (C=O) groups excluding carboxylic acids is 1. The van der Waals surface area contributed by atoms with Gasteiger partial charge in [-0.25, -0.2) is 9.97 Å². The summed E-state index contributed by atoms with van der Waals surface area (Å²) in [7, 11) is 1.68. The minimum absolute atomic E-state index is 0.0732. The number of aliphatic hydroxyl groups is 1. The molecule has 158 valence electrons. The summed E-state index contributed by atoms with van der Waals surface area (Å²) in [6, 6.07) is 11.5. The summed E-state index contributed by atoms with van der Waals surface area (Å²) in [6.45, 7) is 2.20. The molecule has 5 rings (SSSR count). The third-order valence-electron chi connectivity index (χ3n) is 5.95. The number of aromatic nitrogens is 3. The van der Waals surface area contributed by atoms with E-state index in [1.54, 1.807) is 25.6 Å². The Kier molecular flexibility index (Phi) is 4.88. The summed E-state index contributed by atoms with van der Waals surface area (Å²) >= 11 is 0. The summed E-state index contributed by atoms with van der Waals surface area (Å²) in [5.41, 5.74) is 4.22. The molecular weight excluding hydrogens is 394 g/mol. The molecule has 0 radical (unpaired) electrons. The number of benzene rings is 1. The number of aliphatic hydroxyl groups excluding tert-OH is 1. The molecule has 8 heteroatoms. The molecule has 1 saturated heterocycles. The third kappa shape index (κ3) is 3.34. The largest absolute Gasteiger partial charge is 0.395 e. The summed E-state index contributed by atoms with van der Waals surface area (Å²) < 4.78 is 5.55. The fraction of sp³-hybridized carbons (Fsp3) is 0.304. The molecule has 4 heterocycles. The van der Waals surface area contributed by atoms with Crippen LogP contribution in [0.25, 0.3) is 11.3 Å². The van der Waals surface area contributed by atoms with E-state index in [-0.39, 0.29) is 24.5 Å². The molecule has 8 nitrogen and oxygen atoms in total. The summed E-state index contributed by atoms with van der Waals surface area (Å²) in [6.07, 6.45) is 5.29. The summed E-state index contributed by atoms with van der Waals surface area (Å²) in [4.78, 5) is 29.9. The van der Waals surface area contributed by atoms with Gasteiger partial charge < -0.3 is 19.6 Å². The van der Waals surface area contributed by atoms with Gasteiger partial charge in [0.1, 0.15) is 0 Å². The van der Waals surface area contributed by atoms with E-state index >= 15 is 0 Å². The van der Waals surface area contributed by atoms with E-state index in [2.05, 4.69) is 19.9 Å². The van der Waals surface area contributed by atoms with Gasteiger partial charge in [-0.05, 0) is 29.8 Å². The SMILES string of the molecule is CN(CCO)C(=O)c1ccc2c(c1)N(c1ncc(-c3ccccn3)cn1)CC21COC1. The third-order valence-corrected chi connectivity index (χ3v) is 5.95. The maximum atomic E-state index is 12.8. The Morgan fingerprint density at radius 2 is 2.00 bits per heavy atom.